The van der Waals surface area contributed by atoms with E-state index in [-0.39, 0.29) is 6.04 Å². The molecule has 1 rings (SSSR count). The molecule has 2 N–H and O–H groups in total. The van der Waals surface area contributed by atoms with Crippen LogP contribution in [-0.2, 0) is 7.05 Å². The predicted molar refractivity (Wildman–Crippen MR) is 72.7 cm³/mol. The molecular weight excluding hydrogens is 210 g/mol. The highest BCUT2D eigenvalue weighted by molar-refractivity contribution is 5.04. The van der Waals surface area contributed by atoms with E-state index in [0.717, 1.165) is 12.1 Å². The largest absolute Gasteiger partial charge is 0.323 e. The normalized spacial score (nSPS) is 12.9. The molecule has 0 bridgehead atoms. The lowest BCUT2D eigenvalue weighted by Crippen LogP contribution is -2.11. The molecule has 3 nitrogen and oxygen atoms in total. The molecule has 98 valence electrons. The van der Waals surface area contributed by atoms with E-state index in [9.17, 15) is 0 Å². The van der Waals surface area contributed by atoms with Crippen molar-refractivity contribution in [2.24, 2.45) is 12.8 Å². The Morgan fingerprint density at radius 3 is 2.41 bits per heavy atom. The van der Waals surface area contributed by atoms with E-state index in [1.165, 1.54) is 44.9 Å². The number of hydrogen-bond donors (Lipinski definition) is 1. The quantitative estimate of drug-likeness (QED) is 0.667. The third kappa shape index (κ3) is 5.87. The van der Waals surface area contributed by atoms with Crippen LogP contribution in [0.2, 0.25) is 0 Å². The van der Waals surface area contributed by atoms with E-state index in [0.29, 0.717) is 0 Å². The fourth-order valence-corrected chi connectivity index (χ4v) is 2.10. The van der Waals surface area contributed by atoms with E-state index >= 15 is 0 Å². The Morgan fingerprint density at radius 1 is 1.18 bits per heavy atom. The maximum Gasteiger partial charge on any atom is 0.0791 e. The minimum atomic E-state index is 0.117. The number of aromatic nitrogens is 2. The van der Waals surface area contributed by atoms with Gasteiger partial charge in [-0.05, 0) is 12.5 Å². The monoisotopic (exact) mass is 237 g/mol. The van der Waals surface area contributed by atoms with Crippen molar-refractivity contribution < 1.29 is 0 Å². The second-order valence-electron chi connectivity index (χ2n) is 4.93. The molecule has 0 radical (unpaired) electrons. The first-order valence-electron chi connectivity index (χ1n) is 6.99. The summed E-state index contributed by atoms with van der Waals surface area (Å²) in [7, 11) is 1.93. The first-order chi connectivity index (χ1) is 8.24. The second kappa shape index (κ2) is 8.29. The molecule has 3 heteroatoms. The molecular formula is C14H27N3. The van der Waals surface area contributed by atoms with Gasteiger partial charge >= 0.3 is 0 Å². The summed E-state index contributed by atoms with van der Waals surface area (Å²) >= 11 is 0. The molecule has 1 aromatic rings. The maximum atomic E-state index is 6.09. The Balaban J connectivity index is 2.03. The first kappa shape index (κ1) is 14.2. The zero-order chi connectivity index (χ0) is 12.5. The summed E-state index contributed by atoms with van der Waals surface area (Å²) in [5.74, 6) is 0. The van der Waals surface area contributed by atoms with Crippen molar-refractivity contribution in [3.05, 3.63) is 18.0 Å². The molecule has 0 aliphatic carbocycles. The number of aryl methyl sites for hydroxylation is 1. The summed E-state index contributed by atoms with van der Waals surface area (Å²) in [5.41, 5.74) is 7.12. The van der Waals surface area contributed by atoms with Crippen molar-refractivity contribution >= 4 is 0 Å². The topological polar surface area (TPSA) is 43.8 Å². The third-order valence-corrected chi connectivity index (χ3v) is 3.23. The van der Waals surface area contributed by atoms with Crippen LogP contribution in [0, 0.1) is 0 Å². The predicted octanol–water partition coefficient (Wildman–Crippen LogP) is 3.56. The number of rotatable bonds is 9. The van der Waals surface area contributed by atoms with Gasteiger partial charge in [-0.3, -0.25) is 4.68 Å². The molecule has 0 saturated carbocycles. The lowest BCUT2D eigenvalue weighted by molar-refractivity contribution is 0.531. The Kier molecular flexibility index (Phi) is 6.94. The lowest BCUT2D eigenvalue weighted by atomic mass is 10.0. The number of nitrogens with two attached hydrogens (primary N) is 1. The maximum absolute atomic E-state index is 6.09. The van der Waals surface area contributed by atoms with Gasteiger partial charge in [0.2, 0.25) is 0 Å². The van der Waals surface area contributed by atoms with Gasteiger partial charge in [-0.1, -0.05) is 51.9 Å². The summed E-state index contributed by atoms with van der Waals surface area (Å²) in [4.78, 5) is 0. The SMILES string of the molecule is CCCCCCCCCC(N)c1ccn(C)n1. The van der Waals surface area contributed by atoms with Crippen molar-refractivity contribution in [2.45, 2.75) is 64.3 Å². The van der Waals surface area contributed by atoms with Crippen LogP contribution in [0.25, 0.3) is 0 Å². The van der Waals surface area contributed by atoms with Crippen LogP contribution >= 0.6 is 0 Å². The summed E-state index contributed by atoms with van der Waals surface area (Å²) in [6.07, 6.45) is 12.4. The van der Waals surface area contributed by atoms with E-state index < -0.39 is 0 Å². The van der Waals surface area contributed by atoms with Crippen LogP contribution in [0.15, 0.2) is 12.3 Å². The van der Waals surface area contributed by atoms with Crippen molar-refractivity contribution in [2.75, 3.05) is 0 Å². The fraction of sp³-hybridized carbons (Fsp3) is 0.786. The van der Waals surface area contributed by atoms with Crippen molar-refractivity contribution in [1.29, 1.82) is 0 Å². The molecule has 0 aliphatic heterocycles. The van der Waals surface area contributed by atoms with Crippen LogP contribution in [0.5, 0.6) is 0 Å². The van der Waals surface area contributed by atoms with Crippen LogP contribution in [0.1, 0.15) is 70.0 Å². The van der Waals surface area contributed by atoms with Gasteiger partial charge in [-0.15, -0.1) is 0 Å². The van der Waals surface area contributed by atoms with Gasteiger partial charge in [0.15, 0.2) is 0 Å². The second-order valence-corrected chi connectivity index (χ2v) is 4.93. The lowest BCUT2D eigenvalue weighted by Gasteiger charge is -2.08. The molecule has 1 aromatic heterocycles. The minimum absolute atomic E-state index is 0.117. The summed E-state index contributed by atoms with van der Waals surface area (Å²) in [6.45, 7) is 2.26. The third-order valence-electron chi connectivity index (χ3n) is 3.23. The van der Waals surface area contributed by atoms with E-state index in [1.807, 2.05) is 24.0 Å². The first-order valence-corrected chi connectivity index (χ1v) is 6.99. The number of hydrogen-bond acceptors (Lipinski definition) is 2. The van der Waals surface area contributed by atoms with E-state index in [4.69, 9.17) is 5.73 Å². The highest BCUT2D eigenvalue weighted by Gasteiger charge is 2.07. The molecule has 0 aliphatic rings. The summed E-state index contributed by atoms with van der Waals surface area (Å²) in [5, 5.41) is 4.34. The molecule has 0 amide bonds. The van der Waals surface area contributed by atoms with E-state index in [1.54, 1.807) is 0 Å². The number of nitrogens with zero attached hydrogens (tertiary/aromatic N) is 2. The zero-order valence-corrected chi connectivity index (χ0v) is 11.4. The number of unbranched alkanes of at least 4 members (excludes halogenated alkanes) is 6. The van der Waals surface area contributed by atoms with Crippen molar-refractivity contribution in [3.8, 4) is 0 Å². The Hall–Kier alpha value is -0.830. The van der Waals surface area contributed by atoms with Crippen LogP contribution in [-0.4, -0.2) is 9.78 Å². The van der Waals surface area contributed by atoms with Gasteiger partial charge < -0.3 is 5.73 Å². The van der Waals surface area contributed by atoms with Gasteiger partial charge in [0, 0.05) is 19.3 Å². The molecule has 17 heavy (non-hydrogen) atoms. The minimum Gasteiger partial charge on any atom is -0.323 e. The molecule has 0 fully saturated rings. The van der Waals surface area contributed by atoms with Crippen molar-refractivity contribution in [1.82, 2.24) is 9.78 Å². The molecule has 1 unspecified atom stereocenters. The molecule has 1 heterocycles. The highest BCUT2D eigenvalue weighted by atomic mass is 15.3. The summed E-state index contributed by atoms with van der Waals surface area (Å²) in [6, 6.07) is 2.14. The fourth-order valence-electron chi connectivity index (χ4n) is 2.10. The van der Waals surface area contributed by atoms with Gasteiger partial charge in [0.1, 0.15) is 0 Å². The van der Waals surface area contributed by atoms with Crippen LogP contribution in [0.4, 0.5) is 0 Å². The van der Waals surface area contributed by atoms with Crippen LogP contribution < -0.4 is 5.73 Å². The zero-order valence-electron chi connectivity index (χ0n) is 11.4. The highest BCUT2D eigenvalue weighted by Crippen LogP contribution is 2.16. The van der Waals surface area contributed by atoms with Gasteiger partial charge in [0.05, 0.1) is 5.69 Å². The standard InChI is InChI=1S/C14H27N3/c1-3-4-5-6-7-8-9-10-13(15)14-11-12-17(2)16-14/h11-13H,3-10,15H2,1-2H3. The van der Waals surface area contributed by atoms with E-state index in [2.05, 4.69) is 12.0 Å². The smallest absolute Gasteiger partial charge is 0.0791 e. The molecule has 1 atom stereocenters. The molecule has 0 saturated heterocycles. The van der Waals surface area contributed by atoms with Gasteiger partial charge in [0.25, 0.3) is 0 Å². The van der Waals surface area contributed by atoms with Crippen LogP contribution in [0.3, 0.4) is 0 Å². The molecule has 0 aromatic carbocycles. The Morgan fingerprint density at radius 2 is 1.82 bits per heavy atom. The van der Waals surface area contributed by atoms with Gasteiger partial charge in [-0.25, -0.2) is 0 Å². The van der Waals surface area contributed by atoms with Crippen molar-refractivity contribution in [3.63, 3.8) is 0 Å². The average molecular weight is 237 g/mol. The Labute approximate surface area is 105 Å². The summed E-state index contributed by atoms with van der Waals surface area (Å²) < 4.78 is 1.82. The Bertz CT molecular complexity index is 293. The average Bonchev–Trinajstić information content (AvgIpc) is 2.74. The van der Waals surface area contributed by atoms with Gasteiger partial charge in [-0.2, -0.15) is 5.10 Å². The molecule has 0 spiro atoms.